The van der Waals surface area contributed by atoms with Crippen LogP contribution in [0.2, 0.25) is 0 Å². The zero-order chi connectivity index (χ0) is 16.1. The van der Waals surface area contributed by atoms with Crippen molar-refractivity contribution in [2.45, 2.75) is 4.90 Å². The smallest absolute Gasteiger partial charge is 0.252 e. The van der Waals surface area contributed by atoms with Gasteiger partial charge in [0, 0.05) is 16.5 Å². The molecule has 3 amide bonds. The van der Waals surface area contributed by atoms with Gasteiger partial charge in [-0.15, -0.1) is 12.6 Å². The van der Waals surface area contributed by atoms with Gasteiger partial charge >= 0.3 is 0 Å². The van der Waals surface area contributed by atoms with Crippen molar-refractivity contribution >= 4 is 41.3 Å². The van der Waals surface area contributed by atoms with Crippen molar-refractivity contribution in [1.29, 1.82) is 0 Å². The van der Waals surface area contributed by atoms with Crippen LogP contribution in [0.3, 0.4) is 0 Å². The van der Waals surface area contributed by atoms with Crippen LogP contribution in [0.5, 0.6) is 0 Å². The number of amides is 3. The summed E-state index contributed by atoms with van der Waals surface area (Å²) in [4.78, 5) is 38.7. The van der Waals surface area contributed by atoms with Gasteiger partial charge < -0.3 is 16.4 Å². The molecule has 0 aliphatic carbocycles. The largest absolute Gasteiger partial charge is 0.368 e. The van der Waals surface area contributed by atoms with Crippen LogP contribution in [0.4, 0.5) is 0 Å². The number of hydrogen-bond donors (Lipinski definition) is 4. The summed E-state index contributed by atoms with van der Waals surface area (Å²) in [7, 11) is 0. The highest BCUT2D eigenvalue weighted by Gasteiger charge is 2.13. The highest BCUT2D eigenvalue weighted by molar-refractivity contribution is 7.80. The van der Waals surface area contributed by atoms with Crippen molar-refractivity contribution in [2.24, 2.45) is 5.73 Å². The predicted molar refractivity (Wildman–Crippen MR) is 83.5 cm³/mol. The minimum Gasteiger partial charge on any atom is -0.368 e. The third kappa shape index (κ3) is 3.73. The normalized spacial score (nSPS) is 10.2. The summed E-state index contributed by atoms with van der Waals surface area (Å²) < 4.78 is 0. The molecule has 2 aromatic rings. The number of nitrogens with two attached hydrogens (primary N) is 1. The average Bonchev–Trinajstić information content (AvgIpc) is 2.51. The molecule has 7 nitrogen and oxygen atoms in total. The van der Waals surface area contributed by atoms with Crippen LogP contribution in [-0.4, -0.2) is 35.8 Å². The van der Waals surface area contributed by atoms with Crippen LogP contribution in [-0.2, 0) is 9.59 Å². The lowest BCUT2D eigenvalue weighted by Crippen LogP contribution is -2.40. The Morgan fingerprint density at radius 2 is 1.91 bits per heavy atom. The Morgan fingerprint density at radius 3 is 2.64 bits per heavy atom. The van der Waals surface area contributed by atoms with Gasteiger partial charge in [-0.1, -0.05) is 12.1 Å². The molecule has 0 bridgehead atoms. The summed E-state index contributed by atoms with van der Waals surface area (Å²) in [6.45, 7) is -0.536. The lowest BCUT2D eigenvalue weighted by molar-refractivity contribution is -0.124. The van der Waals surface area contributed by atoms with Gasteiger partial charge in [-0.25, -0.2) is 0 Å². The molecule has 0 unspecified atom stereocenters. The number of aromatic nitrogens is 1. The monoisotopic (exact) mass is 318 g/mol. The molecule has 8 heteroatoms. The maximum atomic E-state index is 12.1. The molecular weight excluding hydrogens is 304 g/mol. The average molecular weight is 318 g/mol. The fourth-order valence-corrected chi connectivity index (χ4v) is 2.18. The molecule has 1 aromatic heterocycles. The zero-order valence-corrected chi connectivity index (χ0v) is 12.4. The molecule has 0 radical (unpaired) electrons. The van der Waals surface area contributed by atoms with Crippen molar-refractivity contribution in [3.8, 4) is 0 Å². The molecule has 114 valence electrons. The van der Waals surface area contributed by atoms with Crippen LogP contribution in [0.1, 0.15) is 10.4 Å². The SMILES string of the molecule is NC(=O)CNC(=O)CNC(=O)c1ccc2cccnc2c1S. The molecule has 1 heterocycles. The molecule has 0 fully saturated rings. The zero-order valence-electron chi connectivity index (χ0n) is 11.5. The molecule has 0 aliphatic heterocycles. The predicted octanol–water partition coefficient (Wildman–Crippen LogP) is -0.145. The standard InChI is InChI=1S/C14H14N4O3S/c15-10(19)6-17-11(20)7-18-14(21)9-4-3-8-2-1-5-16-12(8)13(9)22/h1-5,22H,6-7H2,(H2,15,19)(H,17,20)(H,18,21). The van der Waals surface area contributed by atoms with Crippen LogP contribution in [0, 0.1) is 0 Å². The number of thiol groups is 1. The van der Waals surface area contributed by atoms with Gasteiger partial charge in [-0.2, -0.15) is 0 Å². The van der Waals surface area contributed by atoms with Gasteiger partial charge in [0.2, 0.25) is 11.8 Å². The summed E-state index contributed by atoms with van der Waals surface area (Å²) in [6.07, 6.45) is 1.61. The molecule has 1 aromatic carbocycles. The van der Waals surface area contributed by atoms with E-state index in [0.717, 1.165) is 5.39 Å². The maximum Gasteiger partial charge on any atom is 0.252 e. The van der Waals surface area contributed by atoms with Crippen molar-refractivity contribution in [3.05, 3.63) is 36.0 Å². The quantitative estimate of drug-likeness (QED) is 0.574. The van der Waals surface area contributed by atoms with E-state index in [-0.39, 0.29) is 13.1 Å². The van der Waals surface area contributed by atoms with E-state index in [1.165, 1.54) is 0 Å². The lowest BCUT2D eigenvalue weighted by atomic mass is 10.1. The number of benzene rings is 1. The van der Waals surface area contributed by atoms with E-state index in [2.05, 4.69) is 28.2 Å². The first-order valence-electron chi connectivity index (χ1n) is 6.39. The summed E-state index contributed by atoms with van der Waals surface area (Å²) in [5.74, 6) is -1.61. The van der Waals surface area contributed by atoms with E-state index in [9.17, 15) is 14.4 Å². The first-order valence-corrected chi connectivity index (χ1v) is 6.83. The van der Waals surface area contributed by atoms with Gasteiger partial charge in [0.15, 0.2) is 0 Å². The van der Waals surface area contributed by atoms with Gasteiger partial charge in [0.05, 0.1) is 24.2 Å². The number of carbonyl (C=O) groups excluding carboxylic acids is 3. The van der Waals surface area contributed by atoms with Gasteiger partial charge in [-0.3, -0.25) is 19.4 Å². The molecular formula is C14H14N4O3S. The van der Waals surface area contributed by atoms with Crippen LogP contribution < -0.4 is 16.4 Å². The number of fused-ring (bicyclic) bond motifs is 1. The Hall–Kier alpha value is -2.61. The fraction of sp³-hybridized carbons (Fsp3) is 0.143. The van der Waals surface area contributed by atoms with E-state index < -0.39 is 17.7 Å². The van der Waals surface area contributed by atoms with Crippen molar-refractivity contribution < 1.29 is 14.4 Å². The Bertz CT molecular complexity index is 748. The van der Waals surface area contributed by atoms with Crippen molar-refractivity contribution in [3.63, 3.8) is 0 Å². The highest BCUT2D eigenvalue weighted by Crippen LogP contribution is 2.23. The highest BCUT2D eigenvalue weighted by atomic mass is 32.1. The number of nitrogens with one attached hydrogen (secondary N) is 2. The summed E-state index contributed by atoms with van der Waals surface area (Å²) in [5, 5.41) is 5.59. The first-order chi connectivity index (χ1) is 10.5. The summed E-state index contributed by atoms with van der Waals surface area (Å²) in [6, 6.07) is 7.02. The molecule has 0 atom stereocenters. The molecule has 0 aliphatic rings. The Kier molecular flexibility index (Phi) is 4.95. The third-order valence-electron chi connectivity index (χ3n) is 2.86. The minimum absolute atomic E-state index is 0.264. The van der Waals surface area contributed by atoms with E-state index in [1.54, 1.807) is 24.4 Å². The topological polar surface area (TPSA) is 114 Å². The van der Waals surface area contributed by atoms with Gasteiger partial charge in [0.1, 0.15) is 0 Å². The van der Waals surface area contributed by atoms with Gasteiger partial charge in [-0.05, 0) is 12.1 Å². The second-order valence-corrected chi connectivity index (χ2v) is 4.91. The van der Waals surface area contributed by atoms with Crippen molar-refractivity contribution in [1.82, 2.24) is 15.6 Å². The second kappa shape index (κ2) is 6.90. The molecule has 0 saturated carbocycles. The van der Waals surface area contributed by atoms with Crippen LogP contribution in [0.25, 0.3) is 10.9 Å². The number of carbonyl (C=O) groups is 3. The second-order valence-electron chi connectivity index (χ2n) is 4.46. The first kappa shape index (κ1) is 15.8. The number of primary amides is 1. The lowest BCUT2D eigenvalue weighted by Gasteiger charge is -2.09. The Balaban J connectivity index is 2.05. The Labute approximate surface area is 131 Å². The molecule has 4 N–H and O–H groups in total. The molecule has 22 heavy (non-hydrogen) atoms. The van der Waals surface area contributed by atoms with E-state index in [1.807, 2.05) is 6.07 Å². The third-order valence-corrected chi connectivity index (χ3v) is 3.31. The van der Waals surface area contributed by atoms with Gasteiger partial charge in [0.25, 0.3) is 5.91 Å². The Morgan fingerprint density at radius 1 is 1.14 bits per heavy atom. The van der Waals surface area contributed by atoms with Crippen LogP contribution >= 0.6 is 12.6 Å². The molecule has 0 saturated heterocycles. The van der Waals surface area contributed by atoms with Crippen molar-refractivity contribution in [2.75, 3.05) is 13.1 Å². The summed E-state index contributed by atoms with van der Waals surface area (Å²) in [5.41, 5.74) is 5.83. The number of nitrogens with zero attached hydrogens (tertiary/aromatic N) is 1. The number of pyridine rings is 1. The van der Waals surface area contributed by atoms with E-state index >= 15 is 0 Å². The number of rotatable bonds is 5. The minimum atomic E-state index is -0.655. The fourth-order valence-electron chi connectivity index (χ4n) is 1.82. The van der Waals surface area contributed by atoms with Crippen LogP contribution in [0.15, 0.2) is 35.4 Å². The molecule has 0 spiro atoms. The number of hydrogen-bond acceptors (Lipinski definition) is 5. The maximum absolute atomic E-state index is 12.1. The van der Waals surface area contributed by atoms with E-state index in [4.69, 9.17) is 5.73 Å². The molecule has 2 rings (SSSR count). The van der Waals surface area contributed by atoms with E-state index in [0.29, 0.717) is 16.0 Å². The summed E-state index contributed by atoms with van der Waals surface area (Å²) >= 11 is 4.33.